The quantitative estimate of drug-likeness (QED) is 0.874. The van der Waals surface area contributed by atoms with Gasteiger partial charge < -0.3 is 10.0 Å². The molecule has 1 N–H and O–H groups in total. The van der Waals surface area contributed by atoms with Crippen LogP contribution in [-0.4, -0.2) is 41.8 Å². The van der Waals surface area contributed by atoms with E-state index in [1.165, 1.54) is 25.2 Å². The maximum Gasteiger partial charge on any atom is 0.416 e. The average Bonchev–Trinajstić information content (AvgIpc) is 2.74. The first kappa shape index (κ1) is 16.7. The number of hydrogen-bond donors (Lipinski definition) is 1. The van der Waals surface area contributed by atoms with Crippen molar-refractivity contribution in [3.63, 3.8) is 0 Å². The number of nitrogens with zero attached hydrogens (tertiary/aromatic N) is 1. The molecule has 0 aliphatic rings. The molecule has 1 heterocycles. The molecule has 2 aromatic rings. The first-order valence-electron chi connectivity index (χ1n) is 6.30. The summed E-state index contributed by atoms with van der Waals surface area (Å²) in [6.45, 7) is 0.754. The lowest BCUT2D eigenvalue weighted by molar-refractivity contribution is -0.205. The third-order valence-corrected chi connectivity index (χ3v) is 4.52. The Bertz CT molecular complexity index is 711. The van der Waals surface area contributed by atoms with Crippen molar-refractivity contribution in [1.82, 2.24) is 4.90 Å². The normalized spacial score (nSPS) is 13.4. The molecule has 0 saturated heterocycles. The summed E-state index contributed by atoms with van der Waals surface area (Å²) in [5, 5.41) is 9.59. The van der Waals surface area contributed by atoms with Crippen molar-refractivity contribution in [2.24, 2.45) is 0 Å². The molecule has 1 atom stereocenters. The van der Waals surface area contributed by atoms with Crippen molar-refractivity contribution in [3.8, 4) is 0 Å². The van der Waals surface area contributed by atoms with Crippen molar-refractivity contribution in [3.05, 3.63) is 34.5 Å². The van der Waals surface area contributed by atoms with Gasteiger partial charge in [0, 0.05) is 11.7 Å². The van der Waals surface area contributed by atoms with Crippen molar-refractivity contribution >= 4 is 27.3 Å². The molecule has 0 aliphatic carbocycles. The van der Waals surface area contributed by atoms with Crippen molar-refractivity contribution in [1.29, 1.82) is 0 Å². The first-order chi connectivity index (χ1) is 10.1. The van der Waals surface area contributed by atoms with Gasteiger partial charge in [0.2, 0.25) is 0 Å². The fraction of sp³-hybridized carbons (Fsp3) is 0.357. The van der Waals surface area contributed by atoms with E-state index in [0.29, 0.717) is 15.6 Å². The zero-order valence-electron chi connectivity index (χ0n) is 11.7. The van der Waals surface area contributed by atoms with E-state index < -0.39 is 30.5 Å². The molecular weight excluding hydrogens is 322 g/mol. The maximum absolute atomic E-state index is 13.2. The van der Waals surface area contributed by atoms with Crippen molar-refractivity contribution in [2.75, 3.05) is 13.6 Å². The number of carbonyl (C=O) groups excluding carboxylic acids is 1. The smallest absolute Gasteiger partial charge is 0.382 e. The molecule has 8 heteroatoms. The molecule has 1 unspecified atom stereocenters. The highest BCUT2D eigenvalue weighted by molar-refractivity contribution is 7.21. The van der Waals surface area contributed by atoms with Gasteiger partial charge in [0.25, 0.3) is 5.91 Å². The molecule has 1 aromatic heterocycles. The van der Waals surface area contributed by atoms with Crippen LogP contribution in [0.3, 0.4) is 0 Å². The van der Waals surface area contributed by atoms with Crippen molar-refractivity contribution in [2.45, 2.75) is 19.2 Å². The van der Waals surface area contributed by atoms with Crippen LogP contribution in [0.25, 0.3) is 10.1 Å². The minimum atomic E-state index is -4.78. The predicted octanol–water partition coefficient (Wildman–Crippen LogP) is 3.34. The molecule has 0 radical (unpaired) electrons. The van der Waals surface area contributed by atoms with Crippen LogP contribution in [0.1, 0.15) is 15.2 Å². The van der Waals surface area contributed by atoms with E-state index in [-0.39, 0.29) is 4.88 Å². The van der Waals surface area contributed by atoms with Crippen LogP contribution >= 0.6 is 11.3 Å². The van der Waals surface area contributed by atoms with Crippen LogP contribution in [0, 0.1) is 12.7 Å². The maximum atomic E-state index is 13.2. The van der Waals surface area contributed by atoms with Gasteiger partial charge in [0.1, 0.15) is 5.82 Å². The Balaban J connectivity index is 2.28. The van der Waals surface area contributed by atoms with Crippen LogP contribution in [0.5, 0.6) is 0 Å². The van der Waals surface area contributed by atoms with Gasteiger partial charge in [-0.2, -0.15) is 13.2 Å². The fourth-order valence-corrected chi connectivity index (χ4v) is 3.20. The number of hydrogen-bond acceptors (Lipinski definition) is 3. The number of aliphatic hydroxyl groups excluding tert-OH is 1. The molecule has 0 saturated carbocycles. The highest BCUT2D eigenvalue weighted by atomic mass is 32.1. The summed E-state index contributed by atoms with van der Waals surface area (Å²) in [5.41, 5.74) is 0.512. The molecule has 2 rings (SSSR count). The zero-order valence-corrected chi connectivity index (χ0v) is 12.6. The van der Waals surface area contributed by atoms with Gasteiger partial charge in [-0.3, -0.25) is 4.79 Å². The molecule has 0 spiro atoms. The topological polar surface area (TPSA) is 40.5 Å². The zero-order chi connectivity index (χ0) is 16.7. The van der Waals surface area contributed by atoms with E-state index in [1.54, 1.807) is 6.92 Å². The number of aryl methyl sites for hydroxylation is 1. The Hall–Kier alpha value is -1.67. The third kappa shape index (κ3) is 3.22. The molecular formula is C14H13F4NO2S. The minimum Gasteiger partial charge on any atom is -0.382 e. The van der Waals surface area contributed by atoms with Gasteiger partial charge in [-0.15, -0.1) is 11.3 Å². The van der Waals surface area contributed by atoms with Gasteiger partial charge in [-0.25, -0.2) is 4.39 Å². The largest absolute Gasteiger partial charge is 0.416 e. The number of rotatable bonds is 3. The molecule has 120 valence electrons. The van der Waals surface area contributed by atoms with Crippen LogP contribution in [0.2, 0.25) is 0 Å². The standard InChI is InChI=1S/C14H13F4NO2S/c1-7-9-5-8(15)3-4-10(9)22-12(7)13(21)19(2)6-11(20)14(16,17)18/h3-5,11,20H,6H2,1-2H3. The van der Waals surface area contributed by atoms with Gasteiger partial charge in [0.05, 0.1) is 11.4 Å². The minimum absolute atomic E-state index is 0.234. The van der Waals surface area contributed by atoms with E-state index in [0.717, 1.165) is 16.2 Å². The second kappa shape index (κ2) is 5.85. The SMILES string of the molecule is Cc1c(C(=O)N(C)CC(O)C(F)(F)F)sc2ccc(F)cc12. The van der Waals surface area contributed by atoms with Gasteiger partial charge >= 0.3 is 6.18 Å². The first-order valence-corrected chi connectivity index (χ1v) is 7.12. The highest BCUT2D eigenvalue weighted by Gasteiger charge is 2.39. The molecule has 1 amide bonds. The lowest BCUT2D eigenvalue weighted by Crippen LogP contribution is -2.41. The van der Waals surface area contributed by atoms with E-state index in [1.807, 2.05) is 0 Å². The molecule has 0 fully saturated rings. The Morgan fingerprint density at radius 1 is 1.41 bits per heavy atom. The Morgan fingerprint density at radius 3 is 2.64 bits per heavy atom. The van der Waals surface area contributed by atoms with Gasteiger partial charge in [-0.05, 0) is 36.1 Å². The number of likely N-dealkylation sites (N-methyl/N-ethyl adjacent to an activating group) is 1. The molecule has 1 aromatic carbocycles. The number of alkyl halides is 3. The molecule has 0 aliphatic heterocycles. The summed E-state index contributed by atoms with van der Waals surface area (Å²) >= 11 is 1.08. The Morgan fingerprint density at radius 2 is 2.05 bits per heavy atom. The summed E-state index contributed by atoms with van der Waals surface area (Å²) in [7, 11) is 1.18. The van der Waals surface area contributed by atoms with Crippen LogP contribution in [0.15, 0.2) is 18.2 Å². The monoisotopic (exact) mass is 335 g/mol. The summed E-state index contributed by atoms with van der Waals surface area (Å²) in [6.07, 6.45) is -7.39. The molecule has 22 heavy (non-hydrogen) atoms. The molecule has 3 nitrogen and oxygen atoms in total. The Labute approximate surface area is 127 Å². The summed E-state index contributed by atoms with van der Waals surface area (Å²) in [4.78, 5) is 13.3. The summed E-state index contributed by atoms with van der Waals surface area (Å²) < 4.78 is 50.9. The summed E-state index contributed by atoms with van der Waals surface area (Å²) in [5.74, 6) is -1.09. The van der Waals surface area contributed by atoms with E-state index in [2.05, 4.69) is 0 Å². The van der Waals surface area contributed by atoms with E-state index in [4.69, 9.17) is 5.11 Å². The number of carbonyl (C=O) groups is 1. The average molecular weight is 335 g/mol. The number of aliphatic hydroxyl groups is 1. The van der Waals surface area contributed by atoms with Crippen LogP contribution in [0.4, 0.5) is 17.6 Å². The lowest BCUT2D eigenvalue weighted by Gasteiger charge is -2.22. The van der Waals surface area contributed by atoms with E-state index >= 15 is 0 Å². The van der Waals surface area contributed by atoms with Gasteiger partial charge in [0.15, 0.2) is 6.10 Å². The second-order valence-electron chi connectivity index (χ2n) is 4.94. The third-order valence-electron chi connectivity index (χ3n) is 3.26. The number of fused-ring (bicyclic) bond motifs is 1. The fourth-order valence-electron chi connectivity index (χ4n) is 2.02. The highest BCUT2D eigenvalue weighted by Crippen LogP contribution is 2.32. The second-order valence-corrected chi connectivity index (χ2v) is 5.99. The van der Waals surface area contributed by atoms with Crippen LogP contribution in [-0.2, 0) is 0 Å². The molecule has 0 bridgehead atoms. The van der Waals surface area contributed by atoms with E-state index in [9.17, 15) is 22.4 Å². The number of amides is 1. The van der Waals surface area contributed by atoms with Crippen LogP contribution < -0.4 is 0 Å². The predicted molar refractivity (Wildman–Crippen MR) is 75.5 cm³/mol. The number of benzene rings is 1. The number of halogens is 4. The number of thiophene rings is 1. The lowest BCUT2D eigenvalue weighted by atomic mass is 10.1. The Kier molecular flexibility index (Phi) is 4.44. The van der Waals surface area contributed by atoms with Crippen molar-refractivity contribution < 1.29 is 27.5 Å². The van der Waals surface area contributed by atoms with Gasteiger partial charge in [-0.1, -0.05) is 0 Å². The summed E-state index contributed by atoms with van der Waals surface area (Å²) in [6, 6.07) is 4.05.